The van der Waals surface area contributed by atoms with E-state index in [9.17, 15) is 4.79 Å². The maximum Gasteiger partial charge on any atom is 0.223 e. The van der Waals surface area contributed by atoms with Gasteiger partial charge in [0.25, 0.3) is 0 Å². The molecule has 0 aliphatic carbocycles. The SMILES string of the molecule is Cc1ccc(-c2cnc(CCC(=O)N3CCNC[C@@H]3C)o2)cc1. The molecule has 0 saturated carbocycles. The van der Waals surface area contributed by atoms with Gasteiger partial charge >= 0.3 is 0 Å². The van der Waals surface area contributed by atoms with E-state index in [1.807, 2.05) is 29.2 Å². The van der Waals surface area contributed by atoms with Crippen LogP contribution in [0.5, 0.6) is 0 Å². The zero-order valence-corrected chi connectivity index (χ0v) is 13.7. The first-order chi connectivity index (χ1) is 11.1. The summed E-state index contributed by atoms with van der Waals surface area (Å²) in [6, 6.07) is 8.39. The maximum absolute atomic E-state index is 12.3. The lowest BCUT2D eigenvalue weighted by Gasteiger charge is -2.34. The van der Waals surface area contributed by atoms with Crippen molar-refractivity contribution in [2.45, 2.75) is 32.7 Å². The number of hydrogen-bond donors (Lipinski definition) is 1. The van der Waals surface area contributed by atoms with E-state index in [4.69, 9.17) is 4.42 Å². The van der Waals surface area contributed by atoms with E-state index in [0.717, 1.165) is 31.0 Å². The number of aromatic nitrogens is 1. The second-order valence-electron chi connectivity index (χ2n) is 6.12. The number of carbonyl (C=O) groups is 1. The van der Waals surface area contributed by atoms with Crippen LogP contribution in [-0.4, -0.2) is 41.5 Å². The van der Waals surface area contributed by atoms with Crippen LogP contribution in [0.1, 0.15) is 24.8 Å². The fourth-order valence-electron chi connectivity index (χ4n) is 2.85. The van der Waals surface area contributed by atoms with Gasteiger partial charge < -0.3 is 14.6 Å². The summed E-state index contributed by atoms with van der Waals surface area (Å²) in [6.07, 6.45) is 2.72. The largest absolute Gasteiger partial charge is 0.441 e. The summed E-state index contributed by atoms with van der Waals surface area (Å²) in [5, 5.41) is 3.29. The molecule has 3 rings (SSSR count). The van der Waals surface area contributed by atoms with E-state index in [-0.39, 0.29) is 11.9 Å². The summed E-state index contributed by atoms with van der Waals surface area (Å²) in [7, 11) is 0. The van der Waals surface area contributed by atoms with Gasteiger partial charge in [-0.2, -0.15) is 0 Å². The number of oxazole rings is 1. The molecule has 2 heterocycles. The Bertz CT molecular complexity index is 663. The standard InChI is InChI=1S/C18H23N3O2/c1-13-3-5-15(6-4-13)16-12-20-17(23-16)7-8-18(22)21-10-9-19-11-14(21)2/h3-6,12,14,19H,7-11H2,1-2H3/t14-/m0/s1. The molecule has 23 heavy (non-hydrogen) atoms. The van der Waals surface area contributed by atoms with Gasteiger partial charge in [0.2, 0.25) is 5.91 Å². The molecule has 1 atom stereocenters. The number of rotatable bonds is 4. The van der Waals surface area contributed by atoms with E-state index in [0.29, 0.717) is 18.7 Å². The molecule has 1 N–H and O–H groups in total. The third-order valence-corrected chi connectivity index (χ3v) is 4.26. The first-order valence-electron chi connectivity index (χ1n) is 8.15. The highest BCUT2D eigenvalue weighted by molar-refractivity contribution is 5.76. The molecule has 122 valence electrons. The Hall–Kier alpha value is -2.14. The van der Waals surface area contributed by atoms with Gasteiger partial charge in [0.15, 0.2) is 11.7 Å². The van der Waals surface area contributed by atoms with E-state index >= 15 is 0 Å². The number of nitrogens with zero attached hydrogens (tertiary/aromatic N) is 2. The molecule has 2 aromatic rings. The van der Waals surface area contributed by atoms with Crippen molar-refractivity contribution < 1.29 is 9.21 Å². The normalized spacial score (nSPS) is 18.2. The minimum atomic E-state index is 0.175. The molecule has 1 aliphatic heterocycles. The van der Waals surface area contributed by atoms with Crippen LogP contribution in [-0.2, 0) is 11.2 Å². The summed E-state index contributed by atoms with van der Waals surface area (Å²) in [5.41, 5.74) is 2.22. The summed E-state index contributed by atoms with van der Waals surface area (Å²) in [4.78, 5) is 18.6. The minimum absolute atomic E-state index is 0.175. The number of benzene rings is 1. The number of piperazine rings is 1. The van der Waals surface area contributed by atoms with Crippen LogP contribution in [0.25, 0.3) is 11.3 Å². The molecule has 0 spiro atoms. The Morgan fingerprint density at radius 3 is 2.91 bits per heavy atom. The van der Waals surface area contributed by atoms with Crippen LogP contribution in [0, 0.1) is 6.92 Å². The molecular formula is C18H23N3O2. The highest BCUT2D eigenvalue weighted by Crippen LogP contribution is 2.21. The Morgan fingerprint density at radius 1 is 1.39 bits per heavy atom. The smallest absolute Gasteiger partial charge is 0.223 e. The number of aryl methyl sites for hydroxylation is 2. The summed E-state index contributed by atoms with van der Waals surface area (Å²) < 4.78 is 5.78. The van der Waals surface area contributed by atoms with Crippen molar-refractivity contribution in [1.82, 2.24) is 15.2 Å². The molecule has 0 bridgehead atoms. The third kappa shape index (κ3) is 3.79. The Labute approximate surface area is 136 Å². The van der Waals surface area contributed by atoms with E-state index in [1.54, 1.807) is 6.20 Å². The van der Waals surface area contributed by atoms with E-state index in [2.05, 4.69) is 24.1 Å². The minimum Gasteiger partial charge on any atom is -0.441 e. The molecule has 1 fully saturated rings. The second-order valence-corrected chi connectivity index (χ2v) is 6.12. The Balaban J connectivity index is 1.58. The van der Waals surface area contributed by atoms with Crippen LogP contribution in [0.4, 0.5) is 0 Å². The highest BCUT2D eigenvalue weighted by atomic mass is 16.4. The lowest BCUT2D eigenvalue weighted by molar-refractivity contribution is -0.134. The summed E-state index contributed by atoms with van der Waals surface area (Å²) >= 11 is 0. The molecule has 1 aromatic heterocycles. The van der Waals surface area contributed by atoms with Crippen molar-refractivity contribution in [2.75, 3.05) is 19.6 Å². The van der Waals surface area contributed by atoms with Gasteiger partial charge in [-0.15, -0.1) is 0 Å². The zero-order valence-electron chi connectivity index (χ0n) is 13.7. The van der Waals surface area contributed by atoms with Crippen LogP contribution < -0.4 is 5.32 Å². The number of nitrogens with one attached hydrogen (secondary N) is 1. The maximum atomic E-state index is 12.3. The molecule has 1 saturated heterocycles. The van der Waals surface area contributed by atoms with E-state index < -0.39 is 0 Å². The van der Waals surface area contributed by atoms with E-state index in [1.165, 1.54) is 5.56 Å². The average Bonchev–Trinajstić information content (AvgIpc) is 3.03. The van der Waals surface area contributed by atoms with Gasteiger partial charge in [-0.05, 0) is 13.8 Å². The van der Waals surface area contributed by atoms with Crippen LogP contribution >= 0.6 is 0 Å². The molecule has 1 aliphatic rings. The van der Waals surface area contributed by atoms with Gasteiger partial charge in [-0.3, -0.25) is 4.79 Å². The summed E-state index contributed by atoms with van der Waals surface area (Å²) in [5.74, 6) is 1.55. The molecule has 0 unspecified atom stereocenters. The predicted molar refractivity (Wildman–Crippen MR) is 89.0 cm³/mol. The van der Waals surface area contributed by atoms with Gasteiger partial charge in [0.1, 0.15) is 0 Å². The average molecular weight is 313 g/mol. The predicted octanol–water partition coefficient (Wildman–Crippen LogP) is 2.40. The fourth-order valence-corrected chi connectivity index (χ4v) is 2.85. The van der Waals surface area contributed by atoms with Crippen molar-refractivity contribution in [1.29, 1.82) is 0 Å². The first kappa shape index (κ1) is 15.7. The lowest BCUT2D eigenvalue weighted by Crippen LogP contribution is -2.52. The first-order valence-corrected chi connectivity index (χ1v) is 8.15. The Kier molecular flexibility index (Phi) is 4.76. The van der Waals surface area contributed by atoms with Gasteiger partial charge in [0.05, 0.1) is 6.20 Å². The number of amides is 1. The fraction of sp³-hybridized carbons (Fsp3) is 0.444. The van der Waals surface area contributed by atoms with Crippen LogP contribution in [0.3, 0.4) is 0 Å². The van der Waals surface area contributed by atoms with Gasteiger partial charge in [0, 0.05) is 44.1 Å². The highest BCUT2D eigenvalue weighted by Gasteiger charge is 2.22. The molecule has 1 amide bonds. The summed E-state index contributed by atoms with van der Waals surface area (Å²) in [6.45, 7) is 6.64. The topological polar surface area (TPSA) is 58.4 Å². The van der Waals surface area contributed by atoms with Crippen LogP contribution in [0.2, 0.25) is 0 Å². The molecule has 5 nitrogen and oxygen atoms in total. The number of carbonyl (C=O) groups excluding carboxylic acids is 1. The van der Waals surface area contributed by atoms with Crippen LogP contribution in [0.15, 0.2) is 34.9 Å². The Morgan fingerprint density at radius 2 is 2.17 bits per heavy atom. The second kappa shape index (κ2) is 6.96. The quantitative estimate of drug-likeness (QED) is 0.941. The van der Waals surface area contributed by atoms with Crippen molar-refractivity contribution in [3.05, 3.63) is 41.9 Å². The molecule has 1 aromatic carbocycles. The van der Waals surface area contributed by atoms with Crippen molar-refractivity contribution in [3.63, 3.8) is 0 Å². The molecule has 5 heteroatoms. The van der Waals surface area contributed by atoms with Gasteiger partial charge in [-0.1, -0.05) is 29.8 Å². The van der Waals surface area contributed by atoms with Crippen molar-refractivity contribution in [2.24, 2.45) is 0 Å². The van der Waals surface area contributed by atoms with Gasteiger partial charge in [-0.25, -0.2) is 4.98 Å². The van der Waals surface area contributed by atoms with Crippen molar-refractivity contribution in [3.8, 4) is 11.3 Å². The third-order valence-electron chi connectivity index (χ3n) is 4.26. The monoisotopic (exact) mass is 313 g/mol. The number of hydrogen-bond acceptors (Lipinski definition) is 4. The molecule has 0 radical (unpaired) electrons. The lowest BCUT2D eigenvalue weighted by atomic mass is 10.1. The van der Waals surface area contributed by atoms with Crippen molar-refractivity contribution >= 4 is 5.91 Å². The zero-order chi connectivity index (χ0) is 16.2. The molecular weight excluding hydrogens is 290 g/mol.